The van der Waals surface area contributed by atoms with E-state index in [1.165, 1.54) is 12.1 Å². The van der Waals surface area contributed by atoms with Crippen molar-refractivity contribution in [1.29, 1.82) is 0 Å². The maximum Gasteiger partial charge on any atom is 0.233 e. The fourth-order valence-electron chi connectivity index (χ4n) is 5.88. The van der Waals surface area contributed by atoms with Gasteiger partial charge in [0.15, 0.2) is 5.82 Å². The fraction of sp³-hybridized carbons (Fsp3) is 0.385. The first kappa shape index (κ1) is 21.1. The molecule has 3 aliphatic rings. The zero-order valence-corrected chi connectivity index (χ0v) is 19.0. The van der Waals surface area contributed by atoms with Gasteiger partial charge in [0.05, 0.1) is 0 Å². The van der Waals surface area contributed by atoms with Crippen LogP contribution in [0.25, 0.3) is 22.8 Å². The molecule has 0 amide bonds. The van der Waals surface area contributed by atoms with Crippen LogP contribution in [0.2, 0.25) is 0 Å². The van der Waals surface area contributed by atoms with Gasteiger partial charge in [-0.05, 0) is 68.4 Å². The molecule has 34 heavy (non-hydrogen) atoms. The number of aromatic nitrogens is 5. The Bertz CT molecular complexity index is 1320. The maximum atomic E-state index is 13.5. The minimum Gasteiger partial charge on any atom is -0.338 e. The van der Waals surface area contributed by atoms with Crippen LogP contribution in [0.3, 0.4) is 0 Å². The molecular weight excluding hydrogens is 436 g/mol. The van der Waals surface area contributed by atoms with E-state index in [1.54, 1.807) is 18.2 Å². The van der Waals surface area contributed by atoms with Crippen molar-refractivity contribution in [2.45, 2.75) is 56.0 Å². The van der Waals surface area contributed by atoms with E-state index in [0.29, 0.717) is 23.1 Å². The number of nitrogens with zero attached hydrogens (tertiary/aromatic N) is 5. The molecule has 174 valence electrons. The summed E-state index contributed by atoms with van der Waals surface area (Å²) in [5.74, 6) is 2.57. The minimum absolute atomic E-state index is 0.0494. The number of hydrogen-bond acceptors (Lipinski definition) is 5. The Morgan fingerprint density at radius 2 is 1.59 bits per heavy atom. The van der Waals surface area contributed by atoms with Crippen LogP contribution < -0.4 is 0 Å². The highest BCUT2D eigenvalue weighted by molar-refractivity contribution is 5.60. The first-order valence-corrected chi connectivity index (χ1v) is 11.7. The average Bonchev–Trinajstić information content (AvgIpc) is 3.54. The van der Waals surface area contributed by atoms with Crippen molar-refractivity contribution in [2.75, 3.05) is 0 Å². The van der Waals surface area contributed by atoms with Crippen molar-refractivity contribution < 1.29 is 13.3 Å². The van der Waals surface area contributed by atoms with Gasteiger partial charge in [-0.3, -0.25) is 0 Å². The summed E-state index contributed by atoms with van der Waals surface area (Å²) in [5.41, 5.74) is 1.99. The standard InChI is InChI=1S/C26H25F2N5O/c1-33-22(20-5-3-2-4-18(20)16-27)30-31-23(33)25-10-13-26(14-11-25,15-12-25)24-29-21(32-34-24)17-6-8-19(28)9-7-17/h2-9H,10-16H2,1H3. The molecule has 6 nitrogen and oxygen atoms in total. The molecule has 0 aliphatic heterocycles. The average molecular weight is 462 g/mol. The highest BCUT2D eigenvalue weighted by Crippen LogP contribution is 2.58. The summed E-state index contributed by atoms with van der Waals surface area (Å²) in [4.78, 5) is 4.71. The van der Waals surface area contributed by atoms with Gasteiger partial charge in [-0.25, -0.2) is 8.78 Å². The van der Waals surface area contributed by atoms with Crippen LogP contribution in [0, 0.1) is 5.82 Å². The molecule has 2 heterocycles. The van der Waals surface area contributed by atoms with E-state index >= 15 is 0 Å². The third-order valence-corrected chi connectivity index (χ3v) is 7.98. The SMILES string of the molecule is Cn1c(-c2ccccc2CF)nnc1C12CCC(c3nc(-c4ccc(F)cc4)no3)(CC1)CC2. The molecule has 2 aromatic heterocycles. The zero-order chi connectivity index (χ0) is 23.3. The van der Waals surface area contributed by atoms with E-state index in [9.17, 15) is 8.78 Å². The Hall–Kier alpha value is -3.42. The van der Waals surface area contributed by atoms with Crippen LogP contribution >= 0.6 is 0 Å². The molecule has 0 atom stereocenters. The number of benzene rings is 2. The van der Waals surface area contributed by atoms with Gasteiger partial charge in [0.2, 0.25) is 11.7 Å². The number of halogens is 2. The second kappa shape index (κ2) is 7.82. The maximum absolute atomic E-state index is 13.5. The van der Waals surface area contributed by atoms with Gasteiger partial charge in [-0.1, -0.05) is 29.4 Å². The second-order valence-electron chi connectivity index (χ2n) is 9.69. The molecule has 2 bridgehead atoms. The van der Waals surface area contributed by atoms with Crippen LogP contribution in [0.5, 0.6) is 0 Å². The van der Waals surface area contributed by atoms with Crippen LogP contribution in [-0.2, 0) is 24.6 Å². The molecule has 2 aromatic carbocycles. The molecule has 3 saturated carbocycles. The smallest absolute Gasteiger partial charge is 0.233 e. The Balaban J connectivity index is 1.26. The lowest BCUT2D eigenvalue weighted by Crippen LogP contribution is -2.47. The Morgan fingerprint density at radius 3 is 2.29 bits per heavy atom. The van der Waals surface area contributed by atoms with Crippen molar-refractivity contribution in [2.24, 2.45) is 7.05 Å². The van der Waals surface area contributed by atoms with E-state index in [-0.39, 0.29) is 16.6 Å². The molecular formula is C26H25F2N5O. The van der Waals surface area contributed by atoms with Crippen LogP contribution in [0.1, 0.15) is 55.8 Å². The molecule has 0 unspecified atom stereocenters. The molecule has 0 N–H and O–H groups in total. The summed E-state index contributed by atoms with van der Waals surface area (Å²) in [6.07, 6.45) is 5.66. The lowest BCUT2D eigenvalue weighted by atomic mass is 9.53. The minimum atomic E-state index is -0.532. The normalized spacial score (nSPS) is 24.0. The number of rotatable bonds is 5. The summed E-state index contributed by atoms with van der Waals surface area (Å²) >= 11 is 0. The third kappa shape index (κ3) is 3.19. The predicted octanol–water partition coefficient (Wildman–Crippen LogP) is 5.68. The van der Waals surface area contributed by atoms with E-state index in [2.05, 4.69) is 15.4 Å². The van der Waals surface area contributed by atoms with Crippen molar-refractivity contribution >= 4 is 0 Å². The molecule has 0 radical (unpaired) electrons. The van der Waals surface area contributed by atoms with Gasteiger partial charge in [0, 0.05) is 29.0 Å². The Morgan fingerprint density at radius 1 is 0.912 bits per heavy atom. The highest BCUT2D eigenvalue weighted by Gasteiger charge is 2.54. The molecule has 0 saturated heterocycles. The van der Waals surface area contributed by atoms with Gasteiger partial charge >= 0.3 is 0 Å². The van der Waals surface area contributed by atoms with Gasteiger partial charge < -0.3 is 9.09 Å². The van der Waals surface area contributed by atoms with Crippen LogP contribution in [0.4, 0.5) is 8.78 Å². The van der Waals surface area contributed by atoms with Gasteiger partial charge in [0.25, 0.3) is 0 Å². The van der Waals surface area contributed by atoms with Crippen molar-refractivity contribution in [3.8, 4) is 22.8 Å². The molecule has 7 rings (SSSR count). The molecule has 3 aliphatic carbocycles. The van der Waals surface area contributed by atoms with Crippen molar-refractivity contribution in [3.05, 3.63) is 71.6 Å². The number of fused-ring (bicyclic) bond motifs is 3. The Labute approximate surface area is 196 Å². The lowest BCUT2D eigenvalue weighted by Gasteiger charge is -2.51. The first-order valence-electron chi connectivity index (χ1n) is 11.7. The fourth-order valence-corrected chi connectivity index (χ4v) is 5.88. The summed E-state index contributed by atoms with van der Waals surface area (Å²) in [6, 6.07) is 13.6. The highest BCUT2D eigenvalue weighted by atomic mass is 19.1. The largest absolute Gasteiger partial charge is 0.338 e. The molecule has 8 heteroatoms. The van der Waals surface area contributed by atoms with Crippen molar-refractivity contribution in [3.63, 3.8) is 0 Å². The molecule has 0 spiro atoms. The number of hydrogen-bond donors (Lipinski definition) is 0. The zero-order valence-electron chi connectivity index (χ0n) is 19.0. The molecule has 4 aromatic rings. The van der Waals surface area contributed by atoms with Crippen LogP contribution in [-0.4, -0.2) is 24.9 Å². The van der Waals surface area contributed by atoms with Gasteiger partial charge in [0.1, 0.15) is 18.3 Å². The third-order valence-electron chi connectivity index (χ3n) is 7.98. The second-order valence-corrected chi connectivity index (χ2v) is 9.69. The quantitative estimate of drug-likeness (QED) is 0.382. The molecule has 3 fully saturated rings. The van der Waals surface area contributed by atoms with E-state index in [4.69, 9.17) is 9.51 Å². The van der Waals surface area contributed by atoms with Crippen LogP contribution in [0.15, 0.2) is 53.1 Å². The lowest BCUT2D eigenvalue weighted by molar-refractivity contribution is 0.0689. The van der Waals surface area contributed by atoms with Gasteiger partial charge in [-0.15, -0.1) is 10.2 Å². The van der Waals surface area contributed by atoms with E-state index in [1.807, 2.05) is 29.8 Å². The summed E-state index contributed by atoms with van der Waals surface area (Å²) in [5, 5.41) is 13.3. The Kier molecular flexibility index (Phi) is 4.86. The first-order chi connectivity index (χ1) is 16.5. The van der Waals surface area contributed by atoms with E-state index in [0.717, 1.165) is 55.5 Å². The summed E-state index contributed by atoms with van der Waals surface area (Å²) in [7, 11) is 1.98. The summed E-state index contributed by atoms with van der Waals surface area (Å²) in [6.45, 7) is -0.532. The summed E-state index contributed by atoms with van der Waals surface area (Å²) < 4.78 is 34.6. The van der Waals surface area contributed by atoms with E-state index < -0.39 is 6.67 Å². The topological polar surface area (TPSA) is 69.6 Å². The number of alkyl halides is 1. The van der Waals surface area contributed by atoms with Gasteiger partial charge in [-0.2, -0.15) is 4.98 Å². The predicted molar refractivity (Wildman–Crippen MR) is 122 cm³/mol. The van der Waals surface area contributed by atoms with Crippen molar-refractivity contribution in [1.82, 2.24) is 24.9 Å². The monoisotopic (exact) mass is 461 g/mol.